The van der Waals surface area contributed by atoms with Crippen molar-refractivity contribution in [1.29, 1.82) is 5.26 Å². The van der Waals surface area contributed by atoms with E-state index in [0.29, 0.717) is 38.3 Å². The van der Waals surface area contributed by atoms with Gasteiger partial charge in [-0.15, -0.1) is 0 Å². The van der Waals surface area contributed by atoms with Crippen LogP contribution in [0.25, 0.3) is 22.2 Å². The summed E-state index contributed by atoms with van der Waals surface area (Å²) in [5.74, 6) is -0.699. The first kappa shape index (κ1) is 23.7. The number of amides is 1. The first-order valence-electron chi connectivity index (χ1n) is 11.3. The van der Waals surface area contributed by atoms with Crippen LogP contribution in [0.1, 0.15) is 12.0 Å². The molecule has 0 spiro atoms. The number of rotatable bonds is 8. The van der Waals surface area contributed by atoms with E-state index < -0.39 is 17.9 Å². The molecule has 1 amide bonds. The van der Waals surface area contributed by atoms with E-state index in [1.807, 2.05) is 36.4 Å². The fourth-order valence-electron chi connectivity index (χ4n) is 4.08. The number of benzene rings is 2. The minimum absolute atomic E-state index is 0.279. The van der Waals surface area contributed by atoms with Gasteiger partial charge < -0.3 is 24.5 Å². The number of ether oxygens (including phenoxy) is 2. The van der Waals surface area contributed by atoms with E-state index in [9.17, 15) is 14.9 Å². The number of fused-ring (bicyclic) bond motifs is 1. The maximum absolute atomic E-state index is 12.5. The number of carbonyl (C=O) groups is 1. The highest BCUT2D eigenvalue weighted by Crippen LogP contribution is 2.28. The summed E-state index contributed by atoms with van der Waals surface area (Å²) in [6.07, 6.45) is 0.635. The normalized spacial score (nSPS) is 17.1. The van der Waals surface area contributed by atoms with Gasteiger partial charge in [-0.25, -0.2) is 4.79 Å². The number of aromatic nitrogens is 1. The van der Waals surface area contributed by atoms with Crippen molar-refractivity contribution in [3.63, 3.8) is 0 Å². The minimum atomic E-state index is -0.665. The van der Waals surface area contributed by atoms with Crippen molar-refractivity contribution in [2.24, 2.45) is 0 Å². The van der Waals surface area contributed by atoms with E-state index in [4.69, 9.17) is 13.9 Å². The highest BCUT2D eigenvalue weighted by Gasteiger charge is 2.23. The summed E-state index contributed by atoms with van der Waals surface area (Å²) in [7, 11) is 1.59. The van der Waals surface area contributed by atoms with Gasteiger partial charge in [-0.05, 0) is 30.2 Å². The average Bonchev–Trinajstić information content (AvgIpc) is 3.01. The lowest BCUT2D eigenvalue weighted by atomic mass is 10.00. The third-order valence-corrected chi connectivity index (χ3v) is 5.82. The Balaban J connectivity index is 1.50. The largest absolute Gasteiger partial charge is 0.420 e. The van der Waals surface area contributed by atoms with Crippen LogP contribution in [0.15, 0.2) is 51.7 Å². The second-order valence-electron chi connectivity index (χ2n) is 8.17. The van der Waals surface area contributed by atoms with Gasteiger partial charge in [-0.1, -0.05) is 36.4 Å². The fourth-order valence-corrected chi connectivity index (χ4v) is 4.08. The Morgan fingerprint density at radius 1 is 1.32 bits per heavy atom. The Morgan fingerprint density at radius 2 is 2.15 bits per heavy atom. The van der Waals surface area contributed by atoms with Crippen LogP contribution in [0.2, 0.25) is 0 Å². The molecule has 9 heteroatoms. The lowest BCUT2D eigenvalue weighted by molar-refractivity contribution is -0.132. The Kier molecular flexibility index (Phi) is 7.75. The van der Waals surface area contributed by atoms with Gasteiger partial charge in [0.15, 0.2) is 5.58 Å². The van der Waals surface area contributed by atoms with Crippen LogP contribution in [0.5, 0.6) is 0 Å². The van der Waals surface area contributed by atoms with Crippen molar-refractivity contribution in [3.8, 4) is 17.2 Å². The summed E-state index contributed by atoms with van der Waals surface area (Å²) < 4.78 is 17.7. The molecule has 4 rings (SSSR count). The topological polar surface area (TPSA) is 119 Å². The molecule has 3 aromatic rings. The molecule has 1 aliphatic heterocycles. The second-order valence-corrected chi connectivity index (χ2v) is 8.17. The average molecular weight is 465 g/mol. The summed E-state index contributed by atoms with van der Waals surface area (Å²) in [6.45, 7) is 2.55. The molecule has 2 N–H and O–H groups in total. The van der Waals surface area contributed by atoms with Gasteiger partial charge in [0.05, 0.1) is 24.7 Å². The molecule has 1 saturated heterocycles. The number of nitrogens with zero attached hydrogens (tertiary/aromatic N) is 2. The Labute approximate surface area is 197 Å². The molecule has 0 saturated carbocycles. The predicted molar refractivity (Wildman–Crippen MR) is 126 cm³/mol. The van der Waals surface area contributed by atoms with Crippen LogP contribution in [0.4, 0.5) is 0 Å². The standard InChI is InChI=1S/C25H28N4O5/c1-32-13-11-29-23-20(4-2-5-21(23)34-25(29)31)18-8-6-17(7-9-18)14-19(15-26)28-24(30)22-16-27-10-3-12-33-22/h2,4-9,19,22,27H,3,10-14,16H2,1H3,(H,28,30)/t19?,22-/m0/s1. The molecule has 9 nitrogen and oxygen atoms in total. The fraction of sp³-hybridized carbons (Fsp3) is 0.400. The number of carbonyl (C=O) groups excluding carboxylic acids is 1. The smallest absolute Gasteiger partial charge is 0.408 e. The maximum Gasteiger partial charge on any atom is 0.420 e. The number of para-hydroxylation sites is 1. The van der Waals surface area contributed by atoms with Crippen LogP contribution in [-0.2, 0) is 27.2 Å². The number of methoxy groups -OCH3 is 1. The summed E-state index contributed by atoms with van der Waals surface area (Å²) in [5.41, 5.74) is 3.93. The van der Waals surface area contributed by atoms with E-state index in [2.05, 4.69) is 16.7 Å². The van der Waals surface area contributed by atoms with E-state index in [1.54, 1.807) is 17.7 Å². The molecule has 1 aliphatic rings. The molecule has 2 heterocycles. The van der Waals surface area contributed by atoms with Crippen LogP contribution < -0.4 is 16.4 Å². The van der Waals surface area contributed by atoms with Crippen LogP contribution in [0, 0.1) is 11.3 Å². The van der Waals surface area contributed by atoms with E-state index in [1.165, 1.54) is 0 Å². The lowest BCUT2D eigenvalue weighted by Gasteiger charge is -2.18. The van der Waals surface area contributed by atoms with Crippen molar-refractivity contribution >= 4 is 17.0 Å². The third kappa shape index (κ3) is 5.37. The zero-order valence-corrected chi connectivity index (χ0v) is 19.1. The number of nitrogens with one attached hydrogen (secondary N) is 2. The van der Waals surface area contributed by atoms with Crippen LogP contribution in [-0.4, -0.2) is 56.0 Å². The highest BCUT2D eigenvalue weighted by atomic mass is 16.5. The molecule has 0 radical (unpaired) electrons. The number of nitriles is 1. The van der Waals surface area contributed by atoms with Crippen molar-refractivity contribution in [2.75, 3.05) is 33.4 Å². The molecule has 0 aliphatic carbocycles. The first-order chi connectivity index (χ1) is 16.6. The van der Waals surface area contributed by atoms with Crippen molar-refractivity contribution in [3.05, 3.63) is 58.6 Å². The number of hydrogen-bond acceptors (Lipinski definition) is 7. The molecule has 0 bridgehead atoms. The second kappa shape index (κ2) is 11.1. The van der Waals surface area contributed by atoms with E-state index >= 15 is 0 Å². The molecule has 34 heavy (non-hydrogen) atoms. The van der Waals surface area contributed by atoms with E-state index in [0.717, 1.165) is 35.2 Å². The molecule has 2 aromatic carbocycles. The molecule has 1 aromatic heterocycles. The van der Waals surface area contributed by atoms with Gasteiger partial charge in [-0.3, -0.25) is 9.36 Å². The summed E-state index contributed by atoms with van der Waals surface area (Å²) >= 11 is 0. The van der Waals surface area contributed by atoms with Gasteiger partial charge in [-0.2, -0.15) is 5.26 Å². The Hall–Kier alpha value is -3.45. The number of hydrogen-bond donors (Lipinski definition) is 2. The lowest BCUT2D eigenvalue weighted by Crippen LogP contribution is -2.46. The molecule has 1 unspecified atom stereocenters. The van der Waals surface area contributed by atoms with Crippen molar-refractivity contribution < 1.29 is 18.7 Å². The summed E-state index contributed by atoms with van der Waals surface area (Å²) in [6, 6.07) is 14.8. The quantitative estimate of drug-likeness (QED) is 0.522. The van der Waals surface area contributed by atoms with E-state index in [-0.39, 0.29) is 5.91 Å². The first-order valence-corrected chi connectivity index (χ1v) is 11.3. The molecule has 178 valence electrons. The van der Waals surface area contributed by atoms with Gasteiger partial charge >= 0.3 is 5.76 Å². The minimum Gasteiger partial charge on any atom is -0.408 e. The molecule has 1 fully saturated rings. The zero-order valence-electron chi connectivity index (χ0n) is 19.1. The monoisotopic (exact) mass is 464 g/mol. The molecule has 2 atom stereocenters. The van der Waals surface area contributed by atoms with Gasteiger partial charge in [0.1, 0.15) is 12.1 Å². The van der Waals surface area contributed by atoms with Crippen molar-refractivity contribution in [1.82, 2.24) is 15.2 Å². The predicted octanol–water partition coefficient (Wildman–Crippen LogP) is 1.84. The highest BCUT2D eigenvalue weighted by molar-refractivity contribution is 5.91. The Bertz CT molecular complexity index is 1220. The van der Waals surface area contributed by atoms with Gasteiger partial charge in [0.25, 0.3) is 5.91 Å². The SMILES string of the molecule is COCCn1c(=O)oc2cccc(-c3ccc(CC(C#N)NC(=O)[C@@H]4CNCCCO4)cc3)c21. The van der Waals surface area contributed by atoms with Crippen LogP contribution in [0.3, 0.4) is 0 Å². The van der Waals surface area contributed by atoms with Gasteiger partial charge in [0.2, 0.25) is 0 Å². The van der Waals surface area contributed by atoms with Crippen LogP contribution >= 0.6 is 0 Å². The third-order valence-electron chi connectivity index (χ3n) is 5.82. The maximum atomic E-state index is 12.5. The number of oxazole rings is 1. The van der Waals surface area contributed by atoms with Crippen molar-refractivity contribution in [2.45, 2.75) is 31.5 Å². The van der Waals surface area contributed by atoms with Gasteiger partial charge in [0, 0.05) is 32.2 Å². The summed E-state index contributed by atoms with van der Waals surface area (Å²) in [5, 5.41) is 15.5. The molecular weight excluding hydrogens is 436 g/mol. The Morgan fingerprint density at radius 3 is 2.91 bits per heavy atom. The summed E-state index contributed by atoms with van der Waals surface area (Å²) in [4.78, 5) is 24.8. The zero-order chi connectivity index (χ0) is 23.9. The molecular formula is C25H28N4O5.